The van der Waals surface area contributed by atoms with Gasteiger partial charge in [0.15, 0.2) is 0 Å². The minimum atomic E-state index is -0.178. The summed E-state index contributed by atoms with van der Waals surface area (Å²) in [5.74, 6) is 2.10. The quantitative estimate of drug-likeness (QED) is 0.172. The van der Waals surface area contributed by atoms with Gasteiger partial charge in [-0.25, -0.2) is 9.78 Å². The van der Waals surface area contributed by atoms with Crippen molar-refractivity contribution in [2.45, 2.75) is 0 Å². The highest BCUT2D eigenvalue weighted by Gasteiger charge is 2.24. The number of rotatable bonds is 1. The number of hydrogen-bond acceptors (Lipinski definition) is 3. The average Bonchev–Trinajstić information content (AvgIpc) is 3.71. The second-order valence-electron chi connectivity index (χ2n) is 13.6. The summed E-state index contributed by atoms with van der Waals surface area (Å²) in [7, 11) is 0. The van der Waals surface area contributed by atoms with E-state index in [2.05, 4.69) is 114 Å². The van der Waals surface area contributed by atoms with Crippen molar-refractivity contribution in [1.82, 2.24) is 18.7 Å². The molecule has 0 saturated heterocycles. The molecule has 10 aromatic rings. The number of hydrogen-bond donors (Lipinski definition) is 0. The maximum Gasteiger partial charge on any atom is 0.338 e. The van der Waals surface area contributed by atoms with Crippen LogP contribution in [0.4, 0.5) is 0 Å². The molecule has 0 fully saturated rings. The van der Waals surface area contributed by atoms with E-state index in [0.29, 0.717) is 17.2 Å². The van der Waals surface area contributed by atoms with Gasteiger partial charge in [-0.2, -0.15) is 0 Å². The van der Waals surface area contributed by atoms with Gasteiger partial charge < -0.3 is 4.74 Å². The minimum Gasteiger partial charge on any atom is -0.457 e. The topological polar surface area (TPSA) is 54.0 Å². The van der Waals surface area contributed by atoms with Crippen molar-refractivity contribution in [3.8, 4) is 62.2 Å². The molecule has 11 rings (SSSR count). The van der Waals surface area contributed by atoms with E-state index in [1.807, 2.05) is 77.4 Å². The normalized spacial score (nSPS) is 11.9. The first-order valence-corrected chi connectivity index (χ1v) is 18.0. The molecular weight excluding hydrogens is 665 g/mol. The molecule has 1 aliphatic rings. The first-order valence-electron chi connectivity index (χ1n) is 18.0. The third-order valence-corrected chi connectivity index (χ3v) is 10.5. The van der Waals surface area contributed by atoms with E-state index >= 15 is 4.79 Å². The lowest BCUT2D eigenvalue weighted by Crippen LogP contribution is -2.23. The first kappa shape index (κ1) is 30.2. The molecule has 0 aliphatic carbocycles. The maximum atomic E-state index is 15.2. The van der Waals surface area contributed by atoms with Crippen molar-refractivity contribution in [1.29, 1.82) is 0 Å². The van der Waals surface area contributed by atoms with Gasteiger partial charge in [-0.15, -0.1) is 0 Å². The van der Waals surface area contributed by atoms with Crippen LogP contribution in [0.2, 0.25) is 0 Å². The van der Waals surface area contributed by atoms with Crippen molar-refractivity contribution >= 4 is 32.8 Å². The van der Waals surface area contributed by atoms with Crippen LogP contribution in [0.25, 0.3) is 83.5 Å². The first-order chi connectivity index (χ1) is 26.7. The van der Waals surface area contributed by atoms with Crippen LogP contribution >= 0.6 is 0 Å². The van der Waals surface area contributed by atoms with Crippen LogP contribution in [0.15, 0.2) is 187 Å². The van der Waals surface area contributed by atoms with Crippen LogP contribution in [0, 0.1) is 0 Å². The third-order valence-electron chi connectivity index (χ3n) is 10.5. The maximum absolute atomic E-state index is 15.2. The summed E-state index contributed by atoms with van der Waals surface area (Å²) in [6.45, 7) is 0. The molecule has 0 atom stereocenters. The molecule has 7 aromatic carbocycles. The molecule has 0 unspecified atom stereocenters. The Labute approximate surface area is 310 Å². The Kier molecular flexibility index (Phi) is 6.60. The van der Waals surface area contributed by atoms with E-state index in [4.69, 9.17) is 9.72 Å². The lowest BCUT2D eigenvalue weighted by Gasteiger charge is -2.19. The van der Waals surface area contributed by atoms with E-state index < -0.39 is 0 Å². The molecule has 0 radical (unpaired) electrons. The smallest absolute Gasteiger partial charge is 0.338 e. The molecule has 0 spiro atoms. The van der Waals surface area contributed by atoms with Gasteiger partial charge in [0, 0.05) is 39.6 Å². The Bertz CT molecular complexity index is 3170. The fourth-order valence-electron chi connectivity index (χ4n) is 8.19. The van der Waals surface area contributed by atoms with Crippen LogP contribution in [0.1, 0.15) is 0 Å². The molecule has 0 amide bonds. The van der Waals surface area contributed by atoms with Crippen molar-refractivity contribution in [3.05, 3.63) is 192 Å². The summed E-state index contributed by atoms with van der Waals surface area (Å²) in [5.41, 5.74) is 10.6. The second-order valence-corrected chi connectivity index (χ2v) is 13.6. The van der Waals surface area contributed by atoms with Crippen LogP contribution in [0.5, 0.6) is 11.5 Å². The second kappa shape index (κ2) is 11.8. The monoisotopic (exact) mass is 694 g/mol. The zero-order chi connectivity index (χ0) is 35.8. The minimum absolute atomic E-state index is 0.178. The summed E-state index contributed by atoms with van der Waals surface area (Å²) in [5, 5.41) is 2.24. The van der Waals surface area contributed by atoms with Gasteiger partial charge in [0.25, 0.3) is 0 Å². The number of aromatic nitrogens is 4. The van der Waals surface area contributed by atoms with Crippen LogP contribution < -0.4 is 10.4 Å². The van der Waals surface area contributed by atoms with Gasteiger partial charge in [-0.1, -0.05) is 115 Å². The molecule has 0 N–H and O–H groups in total. The number of imidazole rings is 1. The van der Waals surface area contributed by atoms with Gasteiger partial charge in [-0.3, -0.25) is 13.7 Å². The van der Waals surface area contributed by atoms with Crippen molar-refractivity contribution in [3.63, 3.8) is 0 Å². The predicted molar refractivity (Wildman–Crippen MR) is 217 cm³/mol. The van der Waals surface area contributed by atoms with Crippen molar-refractivity contribution in [2.24, 2.45) is 0 Å². The fourth-order valence-corrected chi connectivity index (χ4v) is 8.19. The van der Waals surface area contributed by atoms with Crippen LogP contribution in [-0.4, -0.2) is 18.7 Å². The molecule has 6 nitrogen and oxygen atoms in total. The zero-order valence-electron chi connectivity index (χ0n) is 28.9. The summed E-state index contributed by atoms with van der Waals surface area (Å²) in [6, 6.07) is 61.5. The largest absolute Gasteiger partial charge is 0.457 e. The number of benzene rings is 7. The Hall–Kier alpha value is -7.44. The fraction of sp³-hybridized carbons (Fsp3) is 0. The lowest BCUT2D eigenvalue weighted by atomic mass is 9.92. The average molecular weight is 695 g/mol. The summed E-state index contributed by atoms with van der Waals surface area (Å²) in [6.07, 6.45) is 0. The lowest BCUT2D eigenvalue weighted by molar-refractivity contribution is 0.483. The highest BCUT2D eigenvalue weighted by atomic mass is 16.5. The van der Waals surface area contributed by atoms with Crippen LogP contribution in [-0.2, 0) is 0 Å². The van der Waals surface area contributed by atoms with Gasteiger partial charge >= 0.3 is 5.69 Å². The van der Waals surface area contributed by atoms with Gasteiger partial charge in [-0.05, 0) is 65.7 Å². The Morgan fingerprint density at radius 2 is 1.07 bits per heavy atom. The molecule has 254 valence electrons. The van der Waals surface area contributed by atoms with E-state index in [0.717, 1.165) is 77.9 Å². The van der Waals surface area contributed by atoms with E-state index in [9.17, 15) is 0 Å². The SMILES string of the molecule is O=c1n2c3ccccc3n1-c1c(-c3ccccc3)cccc1-c1ccccc1-c1cccc(n1)-n1c3ccccc3c3ccc(cc31)Oc1cccc-2c1. The molecular formula is C48H30N4O2. The molecule has 6 heteroatoms. The molecule has 8 bridgehead atoms. The Balaban J connectivity index is 1.30. The van der Waals surface area contributed by atoms with Gasteiger partial charge in [0.1, 0.15) is 17.3 Å². The van der Waals surface area contributed by atoms with E-state index in [1.54, 1.807) is 4.57 Å². The number of ether oxygens (including phenoxy) is 1. The third kappa shape index (κ3) is 4.53. The molecule has 4 heterocycles. The van der Waals surface area contributed by atoms with Gasteiger partial charge in [0.05, 0.1) is 39.1 Å². The summed E-state index contributed by atoms with van der Waals surface area (Å²) in [4.78, 5) is 20.6. The Morgan fingerprint density at radius 3 is 1.94 bits per heavy atom. The standard InChI is InChI=1S/C48H30N4O2/c53-48-50-32-15-10-16-33(29-32)54-34-27-28-39-38-19-6-7-23-42(38)51(45(39)30-34)46-26-12-22-41(49-46)37-18-5-4-17-36(37)40-21-11-20-35(31-13-2-1-3-14-31)47(40)52(48)44-25-9-8-24-43(44)50/h1-30H. The zero-order valence-corrected chi connectivity index (χ0v) is 28.9. The van der Waals surface area contributed by atoms with E-state index in [-0.39, 0.29) is 5.69 Å². The summed E-state index contributed by atoms with van der Waals surface area (Å²) >= 11 is 0. The number of nitrogens with zero attached hydrogens (tertiary/aromatic N) is 4. The van der Waals surface area contributed by atoms with Crippen LogP contribution in [0.3, 0.4) is 0 Å². The number of pyridine rings is 1. The Morgan fingerprint density at radius 1 is 0.426 bits per heavy atom. The molecule has 54 heavy (non-hydrogen) atoms. The molecule has 0 saturated carbocycles. The number of fused-ring (bicyclic) bond motifs is 20. The summed E-state index contributed by atoms with van der Waals surface area (Å²) < 4.78 is 12.5. The predicted octanol–water partition coefficient (Wildman–Crippen LogP) is 11.4. The van der Waals surface area contributed by atoms with Crippen molar-refractivity contribution in [2.75, 3.05) is 0 Å². The highest BCUT2D eigenvalue weighted by Crippen LogP contribution is 2.42. The van der Waals surface area contributed by atoms with E-state index in [1.165, 1.54) is 0 Å². The number of para-hydroxylation sites is 4. The molecule has 3 aromatic heterocycles. The van der Waals surface area contributed by atoms with Crippen molar-refractivity contribution < 1.29 is 4.74 Å². The molecule has 1 aliphatic heterocycles. The highest BCUT2D eigenvalue weighted by molar-refractivity contribution is 6.09. The van der Waals surface area contributed by atoms with Gasteiger partial charge in [0.2, 0.25) is 0 Å².